The number of aromatic nitrogens is 2. The Kier molecular flexibility index (Phi) is 4.52. The minimum atomic E-state index is -0.982. The maximum atomic E-state index is 11.1. The molecule has 1 fully saturated rings. The molecule has 5 heteroatoms. The number of benzene rings is 2. The van der Waals surface area contributed by atoms with Crippen molar-refractivity contribution in [3.05, 3.63) is 59.7 Å². The van der Waals surface area contributed by atoms with Crippen LogP contribution < -0.4 is 0 Å². The zero-order valence-corrected chi connectivity index (χ0v) is 14.4. The predicted octanol–water partition coefficient (Wildman–Crippen LogP) is 5.15. The van der Waals surface area contributed by atoms with E-state index in [4.69, 9.17) is 9.52 Å². The van der Waals surface area contributed by atoms with Gasteiger partial charge in [0.2, 0.25) is 11.8 Å². The van der Waals surface area contributed by atoms with Crippen LogP contribution in [0.25, 0.3) is 22.9 Å². The summed E-state index contributed by atoms with van der Waals surface area (Å²) in [6.07, 6.45) is 6.51. The molecule has 0 amide bonds. The van der Waals surface area contributed by atoms with Crippen LogP contribution in [0.15, 0.2) is 52.9 Å². The van der Waals surface area contributed by atoms with E-state index in [1.807, 2.05) is 12.1 Å². The maximum Gasteiger partial charge on any atom is 0.335 e. The fraction of sp³-hybridized carbons (Fsp3) is 0.286. The first-order valence-electron chi connectivity index (χ1n) is 8.98. The Labute approximate surface area is 151 Å². The largest absolute Gasteiger partial charge is 0.478 e. The van der Waals surface area contributed by atoms with E-state index >= 15 is 0 Å². The fourth-order valence-corrected chi connectivity index (χ4v) is 3.58. The molecule has 0 atom stereocenters. The Balaban J connectivity index is 1.56. The molecule has 1 N–H and O–H groups in total. The van der Waals surface area contributed by atoms with E-state index in [0.29, 0.717) is 23.3 Å². The number of hydrogen-bond donors (Lipinski definition) is 1. The number of hydrogen-bond acceptors (Lipinski definition) is 4. The first kappa shape index (κ1) is 16.5. The van der Waals surface area contributed by atoms with Gasteiger partial charge in [-0.15, -0.1) is 10.2 Å². The van der Waals surface area contributed by atoms with Crippen molar-refractivity contribution in [1.82, 2.24) is 10.2 Å². The van der Waals surface area contributed by atoms with Gasteiger partial charge >= 0.3 is 5.97 Å². The summed E-state index contributed by atoms with van der Waals surface area (Å²) in [6.45, 7) is 0. The third-order valence-electron chi connectivity index (χ3n) is 5.02. The molecule has 0 radical (unpaired) electrons. The Morgan fingerprint density at radius 1 is 0.923 bits per heavy atom. The van der Waals surface area contributed by atoms with Gasteiger partial charge < -0.3 is 9.52 Å². The smallest absolute Gasteiger partial charge is 0.335 e. The van der Waals surface area contributed by atoms with Crippen LogP contribution in [0.2, 0.25) is 0 Å². The van der Waals surface area contributed by atoms with Gasteiger partial charge in [-0.1, -0.05) is 37.5 Å². The molecule has 1 aliphatic carbocycles. The highest BCUT2D eigenvalue weighted by atomic mass is 16.4. The molecule has 2 aromatic carbocycles. The molecule has 5 nitrogen and oxygen atoms in total. The minimum Gasteiger partial charge on any atom is -0.478 e. The van der Waals surface area contributed by atoms with E-state index in [9.17, 15) is 4.79 Å². The maximum absolute atomic E-state index is 11.1. The van der Waals surface area contributed by atoms with Crippen LogP contribution in [0.5, 0.6) is 0 Å². The standard InChI is InChI=1S/C21H20N2O3/c24-21(25)18-8-4-7-17(13-18)20-23-22-19(26-20)16-11-9-15(10-12-16)14-5-2-1-3-6-14/h4,7-14H,1-3,5-6H2,(H,24,25). The Hall–Kier alpha value is -2.95. The van der Waals surface area contributed by atoms with Gasteiger partial charge in [0.25, 0.3) is 0 Å². The van der Waals surface area contributed by atoms with Crippen LogP contribution >= 0.6 is 0 Å². The minimum absolute atomic E-state index is 0.194. The third kappa shape index (κ3) is 3.38. The van der Waals surface area contributed by atoms with Crippen LogP contribution in [-0.2, 0) is 0 Å². The lowest BCUT2D eigenvalue weighted by Gasteiger charge is -2.21. The number of rotatable bonds is 4. The van der Waals surface area contributed by atoms with E-state index in [0.717, 1.165) is 5.56 Å². The van der Waals surface area contributed by atoms with Gasteiger partial charge in [-0.05, 0) is 54.7 Å². The summed E-state index contributed by atoms with van der Waals surface area (Å²) in [4.78, 5) is 11.1. The van der Waals surface area contributed by atoms with Crippen molar-refractivity contribution in [2.24, 2.45) is 0 Å². The first-order valence-corrected chi connectivity index (χ1v) is 8.98. The number of aromatic carboxylic acids is 1. The van der Waals surface area contributed by atoms with Crippen molar-refractivity contribution in [2.75, 3.05) is 0 Å². The van der Waals surface area contributed by atoms with Crippen molar-refractivity contribution in [3.8, 4) is 22.9 Å². The van der Waals surface area contributed by atoms with Crippen LogP contribution in [0, 0.1) is 0 Å². The highest BCUT2D eigenvalue weighted by Gasteiger charge is 2.16. The van der Waals surface area contributed by atoms with E-state index in [-0.39, 0.29) is 5.56 Å². The molecular weight excluding hydrogens is 328 g/mol. The monoisotopic (exact) mass is 348 g/mol. The highest BCUT2D eigenvalue weighted by Crippen LogP contribution is 2.33. The summed E-state index contributed by atoms with van der Waals surface area (Å²) in [7, 11) is 0. The molecule has 26 heavy (non-hydrogen) atoms. The van der Waals surface area contributed by atoms with Crippen LogP contribution in [0.1, 0.15) is 53.9 Å². The summed E-state index contributed by atoms with van der Waals surface area (Å²) in [5, 5.41) is 17.3. The van der Waals surface area contributed by atoms with Gasteiger partial charge in [0.1, 0.15) is 0 Å². The Morgan fingerprint density at radius 2 is 1.62 bits per heavy atom. The number of carboxylic acid groups (broad SMARTS) is 1. The highest BCUT2D eigenvalue weighted by molar-refractivity contribution is 5.88. The average molecular weight is 348 g/mol. The fourth-order valence-electron chi connectivity index (χ4n) is 3.58. The van der Waals surface area contributed by atoms with Crippen molar-refractivity contribution in [1.29, 1.82) is 0 Å². The van der Waals surface area contributed by atoms with Gasteiger partial charge in [0, 0.05) is 11.1 Å². The summed E-state index contributed by atoms with van der Waals surface area (Å²) < 4.78 is 5.76. The predicted molar refractivity (Wildman–Crippen MR) is 98.0 cm³/mol. The molecule has 1 heterocycles. The lowest BCUT2D eigenvalue weighted by molar-refractivity contribution is 0.0697. The molecule has 1 aromatic heterocycles. The Bertz CT molecular complexity index is 909. The van der Waals surface area contributed by atoms with Crippen molar-refractivity contribution >= 4 is 5.97 Å². The molecule has 0 saturated heterocycles. The van der Waals surface area contributed by atoms with Gasteiger partial charge in [-0.3, -0.25) is 0 Å². The molecule has 0 unspecified atom stereocenters. The first-order chi connectivity index (χ1) is 12.7. The molecule has 0 aliphatic heterocycles. The van der Waals surface area contributed by atoms with E-state index in [2.05, 4.69) is 22.3 Å². The summed E-state index contributed by atoms with van der Waals surface area (Å²) in [6, 6.07) is 14.8. The summed E-state index contributed by atoms with van der Waals surface area (Å²) >= 11 is 0. The molecule has 3 aromatic rings. The van der Waals surface area contributed by atoms with Gasteiger partial charge in [0.05, 0.1) is 5.56 Å². The molecule has 132 valence electrons. The molecular formula is C21H20N2O3. The topological polar surface area (TPSA) is 76.2 Å². The molecule has 0 spiro atoms. The molecule has 1 aliphatic rings. The average Bonchev–Trinajstić information content (AvgIpc) is 3.19. The second-order valence-electron chi connectivity index (χ2n) is 6.76. The van der Waals surface area contributed by atoms with Gasteiger partial charge in [-0.25, -0.2) is 4.79 Å². The van der Waals surface area contributed by atoms with E-state index < -0.39 is 5.97 Å². The third-order valence-corrected chi connectivity index (χ3v) is 5.02. The lowest BCUT2D eigenvalue weighted by atomic mass is 9.84. The summed E-state index contributed by atoms with van der Waals surface area (Å²) in [5.74, 6) is 0.440. The second-order valence-corrected chi connectivity index (χ2v) is 6.76. The van der Waals surface area contributed by atoms with Gasteiger partial charge in [-0.2, -0.15) is 0 Å². The second kappa shape index (κ2) is 7.12. The SMILES string of the molecule is O=C(O)c1cccc(-c2nnc(-c3ccc(C4CCCCC4)cc3)o2)c1. The van der Waals surface area contributed by atoms with Crippen LogP contribution in [-0.4, -0.2) is 21.3 Å². The lowest BCUT2D eigenvalue weighted by Crippen LogP contribution is -2.04. The Morgan fingerprint density at radius 3 is 2.31 bits per heavy atom. The zero-order chi connectivity index (χ0) is 17.9. The van der Waals surface area contributed by atoms with E-state index in [1.54, 1.807) is 12.1 Å². The van der Waals surface area contributed by atoms with E-state index in [1.165, 1.54) is 49.8 Å². The van der Waals surface area contributed by atoms with Crippen LogP contribution in [0.3, 0.4) is 0 Å². The number of carbonyl (C=O) groups is 1. The van der Waals surface area contributed by atoms with Gasteiger partial charge in [0.15, 0.2) is 0 Å². The molecule has 0 bridgehead atoms. The van der Waals surface area contributed by atoms with Crippen LogP contribution in [0.4, 0.5) is 0 Å². The number of carboxylic acids is 1. The van der Waals surface area contributed by atoms with Crippen molar-refractivity contribution < 1.29 is 14.3 Å². The normalized spacial score (nSPS) is 15.1. The van der Waals surface area contributed by atoms with Crippen molar-refractivity contribution in [3.63, 3.8) is 0 Å². The van der Waals surface area contributed by atoms with Crippen molar-refractivity contribution in [2.45, 2.75) is 38.0 Å². The number of nitrogens with zero attached hydrogens (tertiary/aromatic N) is 2. The molecule has 4 rings (SSSR count). The zero-order valence-electron chi connectivity index (χ0n) is 14.4. The quantitative estimate of drug-likeness (QED) is 0.705. The molecule has 1 saturated carbocycles. The summed E-state index contributed by atoms with van der Waals surface area (Å²) in [5.41, 5.74) is 3.04.